The van der Waals surface area contributed by atoms with E-state index in [0.717, 1.165) is 43.8 Å². The molecule has 0 atom stereocenters. The van der Waals surface area contributed by atoms with Gasteiger partial charge in [0, 0.05) is 43.5 Å². The van der Waals surface area contributed by atoms with Crippen molar-refractivity contribution < 1.29 is 4.79 Å². The van der Waals surface area contributed by atoms with Crippen molar-refractivity contribution in [1.29, 1.82) is 0 Å². The van der Waals surface area contributed by atoms with Gasteiger partial charge in [-0.05, 0) is 46.7 Å². The van der Waals surface area contributed by atoms with Crippen LogP contribution in [0.1, 0.15) is 5.56 Å². The number of aromatic nitrogens is 1. The largest absolute Gasteiger partial charge is 0.339 e. The van der Waals surface area contributed by atoms with Gasteiger partial charge >= 0.3 is 0 Å². The molecule has 152 valence electrons. The first-order chi connectivity index (χ1) is 14.7. The molecule has 1 fully saturated rings. The molecule has 30 heavy (non-hydrogen) atoms. The summed E-state index contributed by atoms with van der Waals surface area (Å²) in [6.45, 7) is 4.42. The highest BCUT2D eigenvalue weighted by Gasteiger charge is 2.22. The molecule has 4 aromatic rings. The highest BCUT2D eigenvalue weighted by atomic mass is 32.1. The first kappa shape index (κ1) is 19.0. The van der Waals surface area contributed by atoms with Crippen molar-refractivity contribution in [2.45, 2.75) is 13.1 Å². The Bertz CT molecular complexity index is 1190. The second kappa shape index (κ2) is 8.05. The number of carbonyl (C=O) groups is 1. The molecule has 1 aliphatic rings. The van der Waals surface area contributed by atoms with Crippen LogP contribution in [-0.2, 0) is 17.9 Å². The van der Waals surface area contributed by atoms with E-state index in [1.165, 1.54) is 5.56 Å². The predicted octanol–water partition coefficient (Wildman–Crippen LogP) is 3.56. The normalized spacial score (nSPS) is 15.1. The van der Waals surface area contributed by atoms with E-state index in [2.05, 4.69) is 21.7 Å². The SMILES string of the molecule is O=C(Cn1c2ccccc2c(=O)c2ccccc21)N1CCN(Cc2ccsc2)CC1. The van der Waals surface area contributed by atoms with Crippen molar-refractivity contribution in [1.82, 2.24) is 14.4 Å². The maximum atomic E-state index is 13.2. The number of rotatable bonds is 4. The van der Waals surface area contributed by atoms with Crippen LogP contribution in [0.15, 0.2) is 70.2 Å². The highest BCUT2D eigenvalue weighted by molar-refractivity contribution is 7.07. The van der Waals surface area contributed by atoms with Crippen LogP contribution in [0.4, 0.5) is 0 Å². The third kappa shape index (κ3) is 3.53. The fourth-order valence-electron chi connectivity index (χ4n) is 4.28. The molecule has 3 heterocycles. The number of pyridine rings is 1. The number of hydrogen-bond acceptors (Lipinski definition) is 4. The molecule has 1 saturated heterocycles. The van der Waals surface area contributed by atoms with Gasteiger partial charge < -0.3 is 9.47 Å². The van der Waals surface area contributed by atoms with Gasteiger partial charge in [0.05, 0.1) is 11.0 Å². The average Bonchev–Trinajstić information content (AvgIpc) is 3.30. The lowest BCUT2D eigenvalue weighted by Gasteiger charge is -2.35. The monoisotopic (exact) mass is 417 g/mol. The first-order valence-corrected chi connectivity index (χ1v) is 11.2. The number of piperazine rings is 1. The molecule has 2 aromatic heterocycles. The van der Waals surface area contributed by atoms with Crippen molar-refractivity contribution >= 4 is 39.0 Å². The molecule has 0 spiro atoms. The summed E-state index contributed by atoms with van der Waals surface area (Å²) in [5.41, 5.74) is 2.98. The third-order valence-corrected chi connectivity index (χ3v) is 6.62. The van der Waals surface area contributed by atoms with Crippen LogP contribution in [0.25, 0.3) is 21.8 Å². The molecule has 0 saturated carbocycles. The summed E-state index contributed by atoms with van der Waals surface area (Å²) < 4.78 is 1.99. The molecular formula is C24H23N3O2S. The Morgan fingerprint density at radius 1 is 0.867 bits per heavy atom. The molecule has 0 aliphatic carbocycles. The van der Waals surface area contributed by atoms with Crippen LogP contribution >= 0.6 is 11.3 Å². The summed E-state index contributed by atoms with van der Waals surface area (Å²) >= 11 is 1.72. The molecule has 1 aliphatic heterocycles. The second-order valence-corrected chi connectivity index (χ2v) is 8.52. The van der Waals surface area contributed by atoms with Gasteiger partial charge in [-0.1, -0.05) is 24.3 Å². The molecule has 0 unspecified atom stereocenters. The lowest BCUT2D eigenvalue weighted by atomic mass is 10.1. The van der Waals surface area contributed by atoms with Gasteiger partial charge in [0.2, 0.25) is 5.91 Å². The Hall–Kier alpha value is -2.96. The molecule has 0 radical (unpaired) electrons. The fourth-order valence-corrected chi connectivity index (χ4v) is 4.94. The Morgan fingerprint density at radius 2 is 1.50 bits per heavy atom. The molecule has 6 heteroatoms. The van der Waals surface area contributed by atoms with Crippen molar-refractivity contribution in [3.8, 4) is 0 Å². The number of thiophene rings is 1. The van der Waals surface area contributed by atoms with Crippen LogP contribution in [0.3, 0.4) is 0 Å². The second-order valence-electron chi connectivity index (χ2n) is 7.74. The fraction of sp³-hybridized carbons (Fsp3) is 0.250. The molecule has 5 rings (SSSR count). The number of nitrogens with zero attached hydrogens (tertiary/aromatic N) is 3. The molecule has 2 aromatic carbocycles. The minimum absolute atomic E-state index is 0.0203. The van der Waals surface area contributed by atoms with Gasteiger partial charge in [-0.3, -0.25) is 14.5 Å². The zero-order chi connectivity index (χ0) is 20.5. The van der Waals surface area contributed by atoms with E-state index in [-0.39, 0.29) is 17.9 Å². The van der Waals surface area contributed by atoms with Crippen molar-refractivity contribution in [3.05, 3.63) is 81.1 Å². The maximum absolute atomic E-state index is 13.2. The van der Waals surface area contributed by atoms with E-state index in [1.807, 2.05) is 58.0 Å². The Kier molecular flexibility index (Phi) is 5.11. The zero-order valence-electron chi connectivity index (χ0n) is 16.7. The summed E-state index contributed by atoms with van der Waals surface area (Å²) in [6.07, 6.45) is 0. The van der Waals surface area contributed by atoms with E-state index in [9.17, 15) is 9.59 Å². The predicted molar refractivity (Wildman–Crippen MR) is 122 cm³/mol. The van der Waals surface area contributed by atoms with Gasteiger partial charge in [0.1, 0.15) is 6.54 Å². The Labute approximate surface area is 178 Å². The summed E-state index contributed by atoms with van der Waals surface area (Å²) in [5.74, 6) is 0.101. The highest BCUT2D eigenvalue weighted by Crippen LogP contribution is 2.20. The smallest absolute Gasteiger partial charge is 0.242 e. The van der Waals surface area contributed by atoms with E-state index in [1.54, 1.807) is 11.3 Å². The van der Waals surface area contributed by atoms with Crippen LogP contribution < -0.4 is 5.43 Å². The van der Waals surface area contributed by atoms with Crippen LogP contribution in [-0.4, -0.2) is 46.5 Å². The van der Waals surface area contributed by atoms with E-state index in [4.69, 9.17) is 0 Å². The van der Waals surface area contributed by atoms with Crippen LogP contribution in [0, 0.1) is 0 Å². The quantitative estimate of drug-likeness (QED) is 0.477. The van der Waals surface area contributed by atoms with E-state index < -0.39 is 0 Å². The summed E-state index contributed by atoms with van der Waals surface area (Å²) in [4.78, 5) is 30.4. The summed E-state index contributed by atoms with van der Waals surface area (Å²) in [6, 6.07) is 17.3. The number of hydrogen-bond donors (Lipinski definition) is 0. The third-order valence-electron chi connectivity index (χ3n) is 5.88. The summed E-state index contributed by atoms with van der Waals surface area (Å²) in [7, 11) is 0. The summed E-state index contributed by atoms with van der Waals surface area (Å²) in [5, 5.41) is 5.60. The van der Waals surface area contributed by atoms with E-state index >= 15 is 0 Å². The van der Waals surface area contributed by atoms with Crippen molar-refractivity contribution in [2.24, 2.45) is 0 Å². The molecule has 0 bridgehead atoms. The average molecular weight is 418 g/mol. The van der Waals surface area contributed by atoms with Gasteiger partial charge in [-0.15, -0.1) is 0 Å². The standard InChI is InChI=1S/C24H23N3O2S/c28-23(26-12-10-25(11-13-26)15-18-9-14-30-17-18)16-27-21-7-3-1-5-19(21)24(29)20-6-2-4-8-22(20)27/h1-9,14,17H,10-13,15-16H2. The molecular weight excluding hydrogens is 394 g/mol. The van der Waals surface area contributed by atoms with Crippen LogP contribution in [0.5, 0.6) is 0 Å². The number of carbonyl (C=O) groups excluding carboxylic acids is 1. The number of amides is 1. The topological polar surface area (TPSA) is 45.6 Å². The zero-order valence-corrected chi connectivity index (χ0v) is 17.5. The van der Waals surface area contributed by atoms with Crippen molar-refractivity contribution in [2.75, 3.05) is 26.2 Å². The lowest BCUT2D eigenvalue weighted by Crippen LogP contribution is -2.49. The lowest BCUT2D eigenvalue weighted by molar-refractivity contribution is -0.133. The van der Waals surface area contributed by atoms with E-state index in [0.29, 0.717) is 10.8 Å². The Balaban J connectivity index is 1.38. The first-order valence-electron chi connectivity index (χ1n) is 10.2. The van der Waals surface area contributed by atoms with Gasteiger partial charge in [-0.2, -0.15) is 11.3 Å². The van der Waals surface area contributed by atoms with Crippen molar-refractivity contribution in [3.63, 3.8) is 0 Å². The number of benzene rings is 2. The van der Waals surface area contributed by atoms with Gasteiger partial charge in [0.15, 0.2) is 5.43 Å². The maximum Gasteiger partial charge on any atom is 0.242 e. The number of fused-ring (bicyclic) bond motifs is 2. The minimum atomic E-state index is 0.0203. The van der Waals surface area contributed by atoms with Gasteiger partial charge in [0.25, 0.3) is 0 Å². The molecule has 0 N–H and O–H groups in total. The minimum Gasteiger partial charge on any atom is -0.339 e. The number of para-hydroxylation sites is 2. The Morgan fingerprint density at radius 3 is 2.10 bits per heavy atom. The van der Waals surface area contributed by atoms with Gasteiger partial charge in [-0.25, -0.2) is 0 Å². The van der Waals surface area contributed by atoms with Crippen LogP contribution in [0.2, 0.25) is 0 Å². The molecule has 1 amide bonds. The molecule has 5 nitrogen and oxygen atoms in total.